The molecule has 1 aromatic carbocycles. The molecule has 0 bridgehead atoms. The number of amides is 1. The summed E-state index contributed by atoms with van der Waals surface area (Å²) in [5.41, 5.74) is 1.72. The summed E-state index contributed by atoms with van der Waals surface area (Å²) in [6.45, 7) is 6.16. The summed E-state index contributed by atoms with van der Waals surface area (Å²) >= 11 is 1.46. The number of hydrogen-bond donors (Lipinski definition) is 1. The van der Waals surface area contributed by atoms with Gasteiger partial charge in [-0.15, -0.1) is 11.3 Å². The zero-order chi connectivity index (χ0) is 17.1. The Morgan fingerprint density at radius 3 is 2.71 bits per heavy atom. The predicted octanol–water partition coefficient (Wildman–Crippen LogP) is 4.09. The number of benzene rings is 1. The van der Waals surface area contributed by atoms with E-state index in [-0.39, 0.29) is 5.91 Å². The number of aryl methyl sites for hydroxylation is 1. The molecule has 0 atom stereocenters. The van der Waals surface area contributed by atoms with Crippen molar-refractivity contribution >= 4 is 23.1 Å². The zero-order valence-electron chi connectivity index (χ0n) is 14.0. The van der Waals surface area contributed by atoms with E-state index in [1.54, 1.807) is 10.7 Å². The second-order valence-corrected chi connectivity index (χ2v) is 7.14. The Hall–Kier alpha value is -2.47. The van der Waals surface area contributed by atoms with Gasteiger partial charge in [-0.25, -0.2) is 9.67 Å². The SMILES string of the molecule is Cc1nc(CC(C)C)sc1C(=O)Nc1ccn(-c2ccccc2)n1. The highest BCUT2D eigenvalue weighted by atomic mass is 32.1. The minimum Gasteiger partial charge on any atom is -0.304 e. The van der Waals surface area contributed by atoms with E-state index in [2.05, 4.69) is 29.2 Å². The Morgan fingerprint density at radius 2 is 2.00 bits per heavy atom. The largest absolute Gasteiger partial charge is 0.304 e. The molecule has 1 N–H and O–H groups in total. The number of carbonyl (C=O) groups excluding carboxylic acids is 1. The Kier molecular flexibility index (Phi) is 4.76. The van der Waals surface area contributed by atoms with Gasteiger partial charge in [0.1, 0.15) is 4.88 Å². The van der Waals surface area contributed by atoms with Crippen molar-refractivity contribution in [2.45, 2.75) is 27.2 Å². The highest BCUT2D eigenvalue weighted by Crippen LogP contribution is 2.22. The fraction of sp³-hybridized carbons (Fsp3) is 0.278. The van der Waals surface area contributed by atoms with Crippen LogP contribution in [-0.4, -0.2) is 20.7 Å². The molecule has 0 saturated heterocycles. The van der Waals surface area contributed by atoms with E-state index in [1.165, 1.54) is 11.3 Å². The second-order valence-electron chi connectivity index (χ2n) is 6.06. The molecule has 0 aliphatic rings. The molecule has 24 heavy (non-hydrogen) atoms. The Morgan fingerprint density at radius 1 is 1.25 bits per heavy atom. The van der Waals surface area contributed by atoms with E-state index >= 15 is 0 Å². The molecule has 2 heterocycles. The number of rotatable bonds is 5. The molecule has 1 amide bonds. The number of nitrogens with zero attached hydrogens (tertiary/aromatic N) is 3. The number of para-hydroxylation sites is 1. The summed E-state index contributed by atoms with van der Waals surface area (Å²) in [5.74, 6) is 0.897. The van der Waals surface area contributed by atoms with Crippen molar-refractivity contribution in [3.63, 3.8) is 0 Å². The molecule has 124 valence electrons. The average molecular weight is 340 g/mol. The van der Waals surface area contributed by atoms with Gasteiger partial charge in [0.25, 0.3) is 5.91 Å². The van der Waals surface area contributed by atoms with Crippen molar-refractivity contribution in [3.8, 4) is 5.69 Å². The Bertz CT molecular complexity index is 836. The highest BCUT2D eigenvalue weighted by Gasteiger charge is 2.17. The standard InChI is InChI=1S/C18H20N4OS/c1-12(2)11-16-19-13(3)17(24-16)18(23)20-15-9-10-22(21-15)14-7-5-4-6-8-14/h4-10,12H,11H2,1-3H3,(H,20,21,23). The fourth-order valence-corrected chi connectivity index (χ4v) is 3.56. The number of carbonyl (C=O) groups is 1. The minimum atomic E-state index is -0.154. The van der Waals surface area contributed by atoms with E-state index in [9.17, 15) is 4.79 Å². The van der Waals surface area contributed by atoms with Crippen LogP contribution in [-0.2, 0) is 6.42 Å². The van der Waals surface area contributed by atoms with Crippen molar-refractivity contribution in [1.82, 2.24) is 14.8 Å². The van der Waals surface area contributed by atoms with E-state index in [4.69, 9.17) is 0 Å². The normalized spacial score (nSPS) is 11.0. The third-order valence-corrected chi connectivity index (χ3v) is 4.66. The monoisotopic (exact) mass is 340 g/mol. The summed E-state index contributed by atoms with van der Waals surface area (Å²) < 4.78 is 1.74. The molecule has 6 heteroatoms. The van der Waals surface area contributed by atoms with Gasteiger partial charge in [0.15, 0.2) is 5.82 Å². The molecule has 0 saturated carbocycles. The molecular formula is C18H20N4OS. The van der Waals surface area contributed by atoms with Gasteiger partial charge >= 0.3 is 0 Å². The highest BCUT2D eigenvalue weighted by molar-refractivity contribution is 7.13. The van der Waals surface area contributed by atoms with Crippen molar-refractivity contribution in [1.29, 1.82) is 0 Å². The van der Waals surface area contributed by atoms with Crippen LogP contribution < -0.4 is 5.32 Å². The molecule has 3 rings (SSSR count). The number of anilines is 1. The number of hydrogen-bond acceptors (Lipinski definition) is 4. The van der Waals surface area contributed by atoms with Crippen LogP contribution in [0.25, 0.3) is 5.69 Å². The zero-order valence-corrected chi connectivity index (χ0v) is 14.8. The number of thiazole rings is 1. The van der Waals surface area contributed by atoms with Gasteiger partial charge < -0.3 is 5.32 Å². The lowest BCUT2D eigenvalue weighted by Gasteiger charge is -2.01. The number of aromatic nitrogens is 3. The van der Waals surface area contributed by atoms with Crippen LogP contribution in [0.15, 0.2) is 42.6 Å². The third kappa shape index (κ3) is 3.71. The topological polar surface area (TPSA) is 59.8 Å². The summed E-state index contributed by atoms with van der Waals surface area (Å²) in [6.07, 6.45) is 2.72. The molecule has 5 nitrogen and oxygen atoms in total. The van der Waals surface area contributed by atoms with Crippen molar-refractivity contribution in [2.24, 2.45) is 5.92 Å². The summed E-state index contributed by atoms with van der Waals surface area (Å²) in [6, 6.07) is 11.6. The molecule has 0 fully saturated rings. The lowest BCUT2D eigenvalue weighted by molar-refractivity contribution is 0.102. The maximum atomic E-state index is 12.5. The van der Waals surface area contributed by atoms with Crippen LogP contribution in [0, 0.1) is 12.8 Å². The average Bonchev–Trinajstić information content (AvgIpc) is 3.14. The quantitative estimate of drug-likeness (QED) is 0.761. The summed E-state index contributed by atoms with van der Waals surface area (Å²) in [5, 5.41) is 8.26. The van der Waals surface area contributed by atoms with E-state index in [0.29, 0.717) is 16.6 Å². The van der Waals surface area contributed by atoms with Crippen molar-refractivity contribution < 1.29 is 4.79 Å². The minimum absolute atomic E-state index is 0.154. The first kappa shape index (κ1) is 16.4. The molecule has 3 aromatic rings. The van der Waals surface area contributed by atoms with Gasteiger partial charge in [0.2, 0.25) is 0 Å². The predicted molar refractivity (Wildman–Crippen MR) is 96.9 cm³/mol. The van der Waals surface area contributed by atoms with Crippen LogP contribution in [0.2, 0.25) is 0 Å². The lowest BCUT2D eigenvalue weighted by atomic mass is 10.1. The smallest absolute Gasteiger partial charge is 0.268 e. The lowest BCUT2D eigenvalue weighted by Crippen LogP contribution is -2.12. The van der Waals surface area contributed by atoms with Crippen molar-refractivity contribution in [3.05, 3.63) is 58.2 Å². The van der Waals surface area contributed by atoms with Crippen LogP contribution >= 0.6 is 11.3 Å². The van der Waals surface area contributed by atoms with Gasteiger partial charge in [0.05, 0.1) is 16.4 Å². The molecule has 0 unspecified atom stereocenters. The van der Waals surface area contributed by atoms with Gasteiger partial charge in [-0.1, -0.05) is 32.0 Å². The molecule has 0 spiro atoms. The maximum absolute atomic E-state index is 12.5. The van der Waals surface area contributed by atoms with Crippen LogP contribution in [0.4, 0.5) is 5.82 Å². The molecule has 0 aliphatic heterocycles. The first-order valence-corrected chi connectivity index (χ1v) is 8.73. The fourth-order valence-electron chi connectivity index (χ4n) is 2.39. The van der Waals surface area contributed by atoms with Gasteiger partial charge in [-0.2, -0.15) is 5.10 Å². The molecule has 2 aromatic heterocycles. The van der Waals surface area contributed by atoms with Gasteiger partial charge in [-0.3, -0.25) is 4.79 Å². The number of nitrogens with one attached hydrogen (secondary N) is 1. The molecule has 0 radical (unpaired) electrons. The Balaban J connectivity index is 1.74. The van der Waals surface area contributed by atoms with Gasteiger partial charge in [0, 0.05) is 18.7 Å². The Labute approximate surface area is 145 Å². The first-order valence-electron chi connectivity index (χ1n) is 7.91. The van der Waals surface area contributed by atoms with E-state index < -0.39 is 0 Å². The van der Waals surface area contributed by atoms with E-state index in [1.807, 2.05) is 43.5 Å². The van der Waals surface area contributed by atoms with Crippen molar-refractivity contribution in [2.75, 3.05) is 5.32 Å². The second kappa shape index (κ2) is 6.97. The third-order valence-electron chi connectivity index (χ3n) is 3.48. The first-order chi connectivity index (χ1) is 11.5. The van der Waals surface area contributed by atoms with E-state index in [0.717, 1.165) is 22.8 Å². The van der Waals surface area contributed by atoms with Crippen LogP contribution in [0.5, 0.6) is 0 Å². The molecular weight excluding hydrogens is 320 g/mol. The summed E-state index contributed by atoms with van der Waals surface area (Å²) in [7, 11) is 0. The maximum Gasteiger partial charge on any atom is 0.268 e. The summed E-state index contributed by atoms with van der Waals surface area (Å²) in [4.78, 5) is 17.6. The van der Waals surface area contributed by atoms with Crippen LogP contribution in [0.3, 0.4) is 0 Å². The van der Waals surface area contributed by atoms with Gasteiger partial charge in [-0.05, 0) is 25.0 Å². The van der Waals surface area contributed by atoms with Crippen LogP contribution in [0.1, 0.15) is 34.2 Å². The molecule has 0 aliphatic carbocycles.